The Labute approximate surface area is 160 Å². The van der Waals surface area contributed by atoms with Gasteiger partial charge >= 0.3 is 0 Å². The van der Waals surface area contributed by atoms with Crippen LogP contribution in [0.15, 0.2) is 48.5 Å². The summed E-state index contributed by atoms with van der Waals surface area (Å²) in [5.74, 6) is 0.659. The van der Waals surface area contributed by atoms with E-state index >= 15 is 0 Å². The Morgan fingerprint density at radius 1 is 1.07 bits per heavy atom. The molecule has 5 nitrogen and oxygen atoms in total. The van der Waals surface area contributed by atoms with Crippen molar-refractivity contribution in [3.05, 3.63) is 54.1 Å². The molecule has 0 aromatic heterocycles. The van der Waals surface area contributed by atoms with Crippen LogP contribution in [0.2, 0.25) is 0 Å². The Bertz CT molecular complexity index is 763. The Morgan fingerprint density at radius 3 is 2.59 bits per heavy atom. The second-order valence-corrected chi connectivity index (χ2v) is 7.14. The van der Waals surface area contributed by atoms with Gasteiger partial charge in [0.1, 0.15) is 12.4 Å². The molecule has 0 saturated carbocycles. The van der Waals surface area contributed by atoms with Crippen molar-refractivity contribution in [3.63, 3.8) is 0 Å². The van der Waals surface area contributed by atoms with E-state index in [4.69, 9.17) is 9.47 Å². The molecule has 2 saturated heterocycles. The number of hydrogen-bond acceptors (Lipinski definition) is 4. The van der Waals surface area contributed by atoms with Gasteiger partial charge < -0.3 is 19.7 Å². The van der Waals surface area contributed by atoms with Crippen molar-refractivity contribution < 1.29 is 14.3 Å². The normalized spacial score (nSPS) is 19.3. The van der Waals surface area contributed by atoms with Gasteiger partial charge in [0.25, 0.3) is 5.91 Å². The molecule has 2 aliphatic heterocycles. The van der Waals surface area contributed by atoms with Crippen LogP contribution in [0.1, 0.15) is 36.0 Å². The highest BCUT2D eigenvalue weighted by Crippen LogP contribution is 2.29. The van der Waals surface area contributed by atoms with Crippen molar-refractivity contribution in [1.29, 1.82) is 0 Å². The third-order valence-corrected chi connectivity index (χ3v) is 5.18. The number of nitrogens with zero attached hydrogens (tertiary/aromatic N) is 1. The van der Waals surface area contributed by atoms with Gasteiger partial charge in [0.2, 0.25) is 0 Å². The van der Waals surface area contributed by atoms with Gasteiger partial charge in [-0.25, -0.2) is 0 Å². The van der Waals surface area contributed by atoms with Crippen LogP contribution in [0.3, 0.4) is 0 Å². The summed E-state index contributed by atoms with van der Waals surface area (Å²) in [5, 5.41) is 3.06. The summed E-state index contributed by atoms with van der Waals surface area (Å²) in [5.41, 5.74) is 2.58. The number of carbonyl (C=O) groups excluding carboxylic acids is 1. The molecule has 0 spiro atoms. The fourth-order valence-corrected chi connectivity index (χ4v) is 3.68. The van der Waals surface area contributed by atoms with E-state index in [0.29, 0.717) is 12.2 Å². The third kappa shape index (κ3) is 4.42. The van der Waals surface area contributed by atoms with Gasteiger partial charge in [-0.15, -0.1) is 0 Å². The maximum absolute atomic E-state index is 12.7. The first-order valence-corrected chi connectivity index (χ1v) is 9.79. The molecular weight excluding hydrogens is 340 g/mol. The first kappa shape index (κ1) is 17.9. The molecule has 0 bridgehead atoms. The van der Waals surface area contributed by atoms with Crippen molar-refractivity contribution in [1.82, 2.24) is 0 Å². The number of para-hydroxylation sites is 2. The summed E-state index contributed by atoms with van der Waals surface area (Å²) >= 11 is 0. The van der Waals surface area contributed by atoms with E-state index in [-0.39, 0.29) is 12.0 Å². The number of nitrogens with one attached hydrogen (secondary N) is 1. The lowest BCUT2D eigenvalue weighted by atomic mass is 10.2. The standard InChI is InChI=1S/C22H26N2O3/c25-22(23-20-7-1-2-8-21(20)24-13-3-4-14-24)17-9-11-18(12-10-17)27-16-19-6-5-15-26-19/h1-2,7-12,19H,3-6,13-16H2,(H,23,25)/t19-/m1/s1. The zero-order chi connectivity index (χ0) is 18.5. The van der Waals surface area contributed by atoms with Gasteiger partial charge in [0, 0.05) is 25.3 Å². The first-order chi connectivity index (χ1) is 13.3. The Morgan fingerprint density at radius 2 is 1.85 bits per heavy atom. The third-order valence-electron chi connectivity index (χ3n) is 5.18. The van der Waals surface area contributed by atoms with E-state index in [0.717, 1.165) is 49.7 Å². The number of anilines is 2. The summed E-state index contributed by atoms with van der Waals surface area (Å²) in [4.78, 5) is 15.0. The summed E-state index contributed by atoms with van der Waals surface area (Å²) in [7, 11) is 0. The lowest BCUT2D eigenvalue weighted by Gasteiger charge is -2.21. The Balaban J connectivity index is 1.38. The van der Waals surface area contributed by atoms with Crippen molar-refractivity contribution in [3.8, 4) is 5.75 Å². The lowest BCUT2D eigenvalue weighted by molar-refractivity contribution is 0.0679. The minimum atomic E-state index is -0.104. The number of ether oxygens (including phenoxy) is 2. The summed E-state index contributed by atoms with van der Waals surface area (Å²) in [6.07, 6.45) is 4.75. The minimum absolute atomic E-state index is 0.104. The van der Waals surface area contributed by atoms with Crippen molar-refractivity contribution in [2.45, 2.75) is 31.8 Å². The second kappa shape index (κ2) is 8.44. The molecule has 2 heterocycles. The highest BCUT2D eigenvalue weighted by atomic mass is 16.5. The zero-order valence-corrected chi connectivity index (χ0v) is 15.5. The van der Waals surface area contributed by atoms with Gasteiger partial charge in [-0.05, 0) is 62.1 Å². The predicted molar refractivity (Wildman–Crippen MR) is 107 cm³/mol. The minimum Gasteiger partial charge on any atom is -0.491 e. The number of hydrogen-bond donors (Lipinski definition) is 1. The fourth-order valence-electron chi connectivity index (χ4n) is 3.68. The molecule has 142 valence electrons. The monoisotopic (exact) mass is 366 g/mol. The van der Waals surface area contributed by atoms with Crippen LogP contribution in [0.5, 0.6) is 5.75 Å². The molecule has 1 amide bonds. The number of rotatable bonds is 6. The average molecular weight is 366 g/mol. The van der Waals surface area contributed by atoms with Crippen LogP contribution in [0.25, 0.3) is 0 Å². The van der Waals surface area contributed by atoms with E-state index in [1.165, 1.54) is 12.8 Å². The number of carbonyl (C=O) groups is 1. The van der Waals surface area contributed by atoms with E-state index < -0.39 is 0 Å². The van der Waals surface area contributed by atoms with Gasteiger partial charge in [-0.3, -0.25) is 4.79 Å². The molecule has 0 aliphatic carbocycles. The SMILES string of the molecule is O=C(Nc1ccccc1N1CCCC1)c1ccc(OC[C@H]2CCCO2)cc1. The van der Waals surface area contributed by atoms with Gasteiger partial charge in [0.15, 0.2) is 0 Å². The fraction of sp³-hybridized carbons (Fsp3) is 0.409. The molecule has 27 heavy (non-hydrogen) atoms. The van der Waals surface area contributed by atoms with E-state index in [1.807, 2.05) is 30.3 Å². The molecular formula is C22H26N2O3. The summed E-state index contributed by atoms with van der Waals surface area (Å²) in [6.45, 7) is 3.48. The molecule has 1 N–H and O–H groups in total. The summed E-state index contributed by atoms with van der Waals surface area (Å²) < 4.78 is 11.3. The number of benzene rings is 2. The molecule has 0 radical (unpaired) electrons. The van der Waals surface area contributed by atoms with Crippen LogP contribution in [-0.4, -0.2) is 38.3 Å². The smallest absolute Gasteiger partial charge is 0.255 e. The van der Waals surface area contributed by atoms with E-state index in [2.05, 4.69) is 16.3 Å². The Kier molecular flexibility index (Phi) is 5.58. The molecule has 4 rings (SSSR count). The van der Waals surface area contributed by atoms with Crippen LogP contribution in [0, 0.1) is 0 Å². The zero-order valence-electron chi connectivity index (χ0n) is 15.5. The highest BCUT2D eigenvalue weighted by molar-refractivity contribution is 6.06. The molecule has 2 aromatic rings. The van der Waals surface area contributed by atoms with Crippen LogP contribution >= 0.6 is 0 Å². The molecule has 5 heteroatoms. The summed E-state index contributed by atoms with van der Waals surface area (Å²) in [6, 6.07) is 15.3. The van der Waals surface area contributed by atoms with Crippen molar-refractivity contribution >= 4 is 17.3 Å². The first-order valence-electron chi connectivity index (χ1n) is 9.79. The van der Waals surface area contributed by atoms with Crippen LogP contribution in [0.4, 0.5) is 11.4 Å². The molecule has 2 fully saturated rings. The Hall–Kier alpha value is -2.53. The van der Waals surface area contributed by atoms with Gasteiger partial charge in [-0.2, -0.15) is 0 Å². The topological polar surface area (TPSA) is 50.8 Å². The quantitative estimate of drug-likeness (QED) is 0.836. The van der Waals surface area contributed by atoms with Gasteiger partial charge in [-0.1, -0.05) is 12.1 Å². The van der Waals surface area contributed by atoms with Gasteiger partial charge in [0.05, 0.1) is 17.5 Å². The molecule has 2 aliphatic rings. The maximum atomic E-state index is 12.7. The van der Waals surface area contributed by atoms with Crippen LogP contribution < -0.4 is 15.0 Å². The van der Waals surface area contributed by atoms with Crippen LogP contribution in [-0.2, 0) is 4.74 Å². The molecule has 1 atom stereocenters. The van der Waals surface area contributed by atoms with Crippen molar-refractivity contribution in [2.24, 2.45) is 0 Å². The molecule has 0 unspecified atom stereocenters. The van der Waals surface area contributed by atoms with E-state index in [9.17, 15) is 4.79 Å². The maximum Gasteiger partial charge on any atom is 0.255 e. The van der Waals surface area contributed by atoms with Crippen molar-refractivity contribution in [2.75, 3.05) is 36.5 Å². The van der Waals surface area contributed by atoms with E-state index in [1.54, 1.807) is 12.1 Å². The second-order valence-electron chi connectivity index (χ2n) is 7.14. The number of amides is 1. The highest BCUT2D eigenvalue weighted by Gasteiger charge is 2.18. The predicted octanol–water partition coefficient (Wildman–Crippen LogP) is 4.10. The average Bonchev–Trinajstić information content (AvgIpc) is 3.41. The molecule has 2 aromatic carbocycles. The largest absolute Gasteiger partial charge is 0.491 e. The lowest BCUT2D eigenvalue weighted by Crippen LogP contribution is -2.21.